The molecule has 1 aliphatic rings. The van der Waals surface area contributed by atoms with Crippen molar-refractivity contribution in [2.75, 3.05) is 58.3 Å². The number of likely N-dealkylation sites (tertiary alicyclic amines) is 1. The van der Waals surface area contributed by atoms with Crippen molar-refractivity contribution in [2.45, 2.75) is 25.0 Å². The molecule has 0 aromatic rings. The van der Waals surface area contributed by atoms with Crippen LogP contribution >= 0.6 is 72.3 Å². The number of imide groups is 1. The third kappa shape index (κ3) is 7.93. The van der Waals surface area contributed by atoms with Crippen LogP contribution in [0.2, 0.25) is 0 Å². The molecule has 26 heavy (non-hydrogen) atoms. The van der Waals surface area contributed by atoms with Crippen LogP contribution < -0.4 is 0 Å². The summed E-state index contributed by atoms with van der Waals surface area (Å²) in [6.45, 7) is 4.41. The van der Waals surface area contributed by atoms with E-state index in [1.807, 2.05) is 49.1 Å². The van der Waals surface area contributed by atoms with Crippen LogP contribution in [0, 0.1) is 5.92 Å². The van der Waals surface area contributed by atoms with Gasteiger partial charge in [-0.1, -0.05) is 6.92 Å². The number of rotatable bonds is 15. The molecule has 0 saturated carbocycles. The van der Waals surface area contributed by atoms with Crippen molar-refractivity contribution in [3.8, 4) is 0 Å². The van der Waals surface area contributed by atoms with Gasteiger partial charge >= 0.3 is 0 Å². The maximum atomic E-state index is 12.9. The standard InChI is InChI=1S/C17H31NO2S6/c1-14-15(19)18(4-3-7-23-10-11-24-8-5-21)16(20)17(14,2)26-13-12-25-9-6-22/h14,21-22H,3-13H2,1-2H3. The second-order valence-corrected chi connectivity index (χ2v) is 12.2. The summed E-state index contributed by atoms with van der Waals surface area (Å²) in [5.41, 5.74) is 0. The van der Waals surface area contributed by atoms with Crippen molar-refractivity contribution >= 4 is 84.1 Å². The van der Waals surface area contributed by atoms with Crippen LogP contribution in [0.25, 0.3) is 0 Å². The number of thiol groups is 2. The average Bonchev–Trinajstić information content (AvgIpc) is 2.79. The fourth-order valence-corrected chi connectivity index (χ4v) is 7.35. The smallest absolute Gasteiger partial charge is 0.245 e. The molecule has 1 fully saturated rings. The van der Waals surface area contributed by atoms with Gasteiger partial charge in [0.05, 0.1) is 5.92 Å². The van der Waals surface area contributed by atoms with E-state index in [0.29, 0.717) is 6.54 Å². The number of carbonyl (C=O) groups excluding carboxylic acids is 2. The Hall–Kier alpha value is 1.24. The summed E-state index contributed by atoms with van der Waals surface area (Å²) < 4.78 is -0.602. The van der Waals surface area contributed by atoms with Crippen molar-refractivity contribution in [2.24, 2.45) is 5.92 Å². The predicted octanol–water partition coefficient (Wildman–Crippen LogP) is 3.93. The molecule has 2 atom stereocenters. The van der Waals surface area contributed by atoms with Gasteiger partial charge in [0.1, 0.15) is 4.75 Å². The molecule has 1 heterocycles. The fourth-order valence-electron chi connectivity index (χ4n) is 2.61. The van der Waals surface area contributed by atoms with Gasteiger partial charge in [0.15, 0.2) is 0 Å². The SMILES string of the molecule is CC1C(=O)N(CCCSCCSCCS)C(=O)C1(C)SCCSCCS. The minimum Gasteiger partial charge on any atom is -0.281 e. The minimum atomic E-state index is -0.602. The highest BCUT2D eigenvalue weighted by Gasteiger charge is 2.54. The number of nitrogens with zero attached hydrogens (tertiary/aromatic N) is 1. The molecule has 0 aromatic heterocycles. The van der Waals surface area contributed by atoms with Gasteiger partial charge < -0.3 is 0 Å². The van der Waals surface area contributed by atoms with Crippen LogP contribution in [0.5, 0.6) is 0 Å². The Morgan fingerprint density at radius 2 is 1.46 bits per heavy atom. The molecule has 2 amide bonds. The molecule has 152 valence electrons. The molecule has 0 N–H and O–H groups in total. The van der Waals surface area contributed by atoms with Crippen molar-refractivity contribution < 1.29 is 9.59 Å². The molecular weight excluding hydrogens is 443 g/mol. The van der Waals surface area contributed by atoms with E-state index in [2.05, 4.69) is 25.3 Å². The van der Waals surface area contributed by atoms with Crippen LogP contribution in [0.3, 0.4) is 0 Å². The molecule has 1 aliphatic heterocycles. The first-order valence-electron chi connectivity index (χ1n) is 8.93. The molecular formula is C17H31NO2S6. The number of hydrogen-bond acceptors (Lipinski definition) is 8. The van der Waals surface area contributed by atoms with Gasteiger partial charge in [-0.25, -0.2) is 0 Å². The maximum Gasteiger partial charge on any atom is 0.245 e. The minimum absolute atomic E-state index is 0.00217. The highest BCUT2D eigenvalue weighted by Crippen LogP contribution is 2.41. The number of thioether (sulfide) groups is 4. The Balaban J connectivity index is 2.34. The Morgan fingerprint density at radius 1 is 0.923 bits per heavy atom. The van der Waals surface area contributed by atoms with Gasteiger partial charge in [-0.15, -0.1) is 11.8 Å². The molecule has 0 aliphatic carbocycles. The molecule has 3 nitrogen and oxygen atoms in total. The highest BCUT2D eigenvalue weighted by molar-refractivity contribution is 8.04. The molecule has 0 aromatic carbocycles. The molecule has 0 bridgehead atoms. The lowest BCUT2D eigenvalue weighted by molar-refractivity contribution is -0.139. The summed E-state index contributed by atoms with van der Waals surface area (Å²) in [5.74, 6) is 8.85. The summed E-state index contributed by atoms with van der Waals surface area (Å²) in [4.78, 5) is 26.9. The van der Waals surface area contributed by atoms with Gasteiger partial charge in [0, 0.05) is 41.1 Å². The van der Waals surface area contributed by atoms with E-state index in [1.165, 1.54) is 4.90 Å². The van der Waals surface area contributed by atoms with Crippen LogP contribution in [-0.4, -0.2) is 79.8 Å². The van der Waals surface area contributed by atoms with Gasteiger partial charge in [-0.05, 0) is 30.6 Å². The first-order valence-corrected chi connectivity index (χ1v) is 14.6. The van der Waals surface area contributed by atoms with Crippen molar-refractivity contribution in [1.82, 2.24) is 4.90 Å². The van der Waals surface area contributed by atoms with E-state index >= 15 is 0 Å². The third-order valence-electron chi connectivity index (χ3n) is 4.28. The zero-order valence-corrected chi connectivity index (χ0v) is 20.7. The summed E-state index contributed by atoms with van der Waals surface area (Å²) in [7, 11) is 0. The topological polar surface area (TPSA) is 37.4 Å². The molecule has 2 unspecified atom stereocenters. The van der Waals surface area contributed by atoms with E-state index in [9.17, 15) is 9.59 Å². The van der Waals surface area contributed by atoms with E-state index in [4.69, 9.17) is 0 Å². The lowest BCUT2D eigenvalue weighted by atomic mass is 9.98. The third-order valence-corrected chi connectivity index (χ3v) is 10.4. The lowest BCUT2D eigenvalue weighted by Crippen LogP contribution is -2.38. The zero-order chi connectivity index (χ0) is 19.4. The Labute approximate surface area is 186 Å². The Kier molecular flexibility index (Phi) is 13.9. The van der Waals surface area contributed by atoms with E-state index in [1.54, 1.807) is 11.8 Å². The predicted molar refractivity (Wildman–Crippen MR) is 131 cm³/mol. The lowest BCUT2D eigenvalue weighted by Gasteiger charge is -2.24. The summed E-state index contributed by atoms with van der Waals surface area (Å²) in [5, 5.41) is 0. The Morgan fingerprint density at radius 3 is 2.04 bits per heavy atom. The van der Waals surface area contributed by atoms with Gasteiger partial charge in [-0.3, -0.25) is 14.5 Å². The summed E-state index contributed by atoms with van der Waals surface area (Å²) >= 11 is 15.7. The summed E-state index contributed by atoms with van der Waals surface area (Å²) in [6.07, 6.45) is 0.880. The number of carbonyl (C=O) groups is 2. The van der Waals surface area contributed by atoms with Gasteiger partial charge in [0.25, 0.3) is 0 Å². The number of hydrogen-bond donors (Lipinski definition) is 2. The van der Waals surface area contributed by atoms with Crippen LogP contribution in [0.1, 0.15) is 20.3 Å². The van der Waals surface area contributed by atoms with Crippen molar-refractivity contribution in [3.05, 3.63) is 0 Å². The first kappa shape index (κ1) is 25.3. The zero-order valence-electron chi connectivity index (χ0n) is 15.6. The fraction of sp³-hybridized carbons (Fsp3) is 0.882. The van der Waals surface area contributed by atoms with Gasteiger partial charge in [0.2, 0.25) is 11.8 Å². The summed E-state index contributed by atoms with van der Waals surface area (Å²) in [6, 6.07) is 0. The first-order chi connectivity index (χ1) is 12.5. The van der Waals surface area contributed by atoms with Gasteiger partial charge in [-0.2, -0.15) is 60.5 Å². The largest absolute Gasteiger partial charge is 0.281 e. The van der Waals surface area contributed by atoms with Crippen LogP contribution in [0.15, 0.2) is 0 Å². The van der Waals surface area contributed by atoms with Crippen LogP contribution in [0.4, 0.5) is 0 Å². The second-order valence-electron chi connectivity index (χ2n) is 6.11. The molecule has 0 spiro atoms. The normalized spacial score (nSPS) is 23.2. The maximum absolute atomic E-state index is 12.9. The molecule has 1 rings (SSSR count). The average molecular weight is 474 g/mol. The molecule has 1 saturated heterocycles. The van der Waals surface area contributed by atoms with E-state index in [0.717, 1.165) is 58.2 Å². The second kappa shape index (κ2) is 14.3. The van der Waals surface area contributed by atoms with E-state index in [-0.39, 0.29) is 17.7 Å². The van der Waals surface area contributed by atoms with Crippen molar-refractivity contribution in [1.29, 1.82) is 0 Å². The monoisotopic (exact) mass is 473 g/mol. The molecule has 0 radical (unpaired) electrons. The van der Waals surface area contributed by atoms with E-state index < -0.39 is 4.75 Å². The molecule has 9 heteroatoms. The van der Waals surface area contributed by atoms with Crippen molar-refractivity contribution in [3.63, 3.8) is 0 Å². The highest BCUT2D eigenvalue weighted by atomic mass is 32.2. The number of amides is 2. The van der Waals surface area contributed by atoms with Crippen LogP contribution in [-0.2, 0) is 9.59 Å². The Bertz CT molecular complexity index is 439. The quantitative estimate of drug-likeness (QED) is 0.213.